The van der Waals surface area contributed by atoms with Crippen molar-refractivity contribution in [2.24, 2.45) is 5.92 Å². The van der Waals surface area contributed by atoms with Crippen molar-refractivity contribution in [3.63, 3.8) is 0 Å². The maximum absolute atomic E-state index is 11.6. The van der Waals surface area contributed by atoms with Gasteiger partial charge in [-0.1, -0.05) is 0 Å². The minimum absolute atomic E-state index is 0.261. The molecular formula is C16H22N2O5. The number of rotatable bonds is 9. The van der Waals surface area contributed by atoms with Crippen molar-refractivity contribution in [2.45, 2.75) is 13.3 Å². The van der Waals surface area contributed by atoms with Gasteiger partial charge in [-0.15, -0.1) is 0 Å². The van der Waals surface area contributed by atoms with Gasteiger partial charge in [0.1, 0.15) is 5.92 Å². The average molecular weight is 322 g/mol. The Balaban J connectivity index is 2.74. The molecule has 0 fully saturated rings. The Morgan fingerprint density at radius 1 is 1.22 bits per heavy atom. The summed E-state index contributed by atoms with van der Waals surface area (Å²) >= 11 is 0. The van der Waals surface area contributed by atoms with Crippen molar-refractivity contribution in [3.8, 4) is 23.3 Å². The summed E-state index contributed by atoms with van der Waals surface area (Å²) in [5, 5.41) is 12.2. The summed E-state index contributed by atoms with van der Waals surface area (Å²) in [6.07, 6.45) is 0.339. The lowest BCUT2D eigenvalue weighted by Crippen LogP contribution is -2.19. The third kappa shape index (κ3) is 4.95. The highest BCUT2D eigenvalue weighted by Gasteiger charge is 2.19. The van der Waals surface area contributed by atoms with Gasteiger partial charge in [-0.2, -0.15) is 5.26 Å². The molecule has 1 unspecified atom stereocenters. The molecule has 0 bridgehead atoms. The predicted octanol–water partition coefficient (Wildman–Crippen LogP) is 2.22. The van der Waals surface area contributed by atoms with Crippen molar-refractivity contribution in [1.29, 1.82) is 5.26 Å². The molecule has 0 aliphatic heterocycles. The zero-order valence-corrected chi connectivity index (χ0v) is 13.8. The maximum Gasteiger partial charge on any atom is 0.323 e. The van der Waals surface area contributed by atoms with Crippen molar-refractivity contribution < 1.29 is 23.7 Å². The van der Waals surface area contributed by atoms with Gasteiger partial charge in [0.05, 0.1) is 34.0 Å². The fourth-order valence-electron chi connectivity index (χ4n) is 2.02. The number of ether oxygens (including phenoxy) is 4. The summed E-state index contributed by atoms with van der Waals surface area (Å²) in [4.78, 5) is 11.6. The van der Waals surface area contributed by atoms with Crippen LogP contribution in [0.25, 0.3) is 0 Å². The van der Waals surface area contributed by atoms with Crippen molar-refractivity contribution >= 4 is 11.7 Å². The molecule has 0 heterocycles. The molecule has 7 nitrogen and oxygen atoms in total. The number of hydrogen-bond acceptors (Lipinski definition) is 7. The molecule has 1 atom stereocenters. The van der Waals surface area contributed by atoms with Crippen LogP contribution in [0.1, 0.15) is 13.3 Å². The monoisotopic (exact) mass is 322 g/mol. The Morgan fingerprint density at radius 2 is 1.83 bits per heavy atom. The summed E-state index contributed by atoms with van der Waals surface area (Å²) in [5.41, 5.74) is 0.736. The largest absolute Gasteiger partial charge is 0.493 e. The van der Waals surface area contributed by atoms with E-state index in [1.54, 1.807) is 19.1 Å². The fraction of sp³-hybridized carbons (Fsp3) is 0.500. The number of methoxy groups -OCH3 is 3. The molecule has 0 radical (unpaired) electrons. The van der Waals surface area contributed by atoms with Crippen LogP contribution in [0.15, 0.2) is 12.1 Å². The summed E-state index contributed by atoms with van der Waals surface area (Å²) in [6, 6.07) is 5.47. The average Bonchev–Trinajstić information content (AvgIpc) is 2.57. The second-order valence-corrected chi connectivity index (χ2v) is 4.56. The quantitative estimate of drug-likeness (QED) is 0.697. The molecule has 0 aromatic heterocycles. The second kappa shape index (κ2) is 9.41. The molecule has 1 N–H and O–H groups in total. The van der Waals surface area contributed by atoms with E-state index in [1.807, 2.05) is 6.07 Å². The normalized spacial score (nSPS) is 11.1. The number of esters is 1. The minimum Gasteiger partial charge on any atom is -0.493 e. The van der Waals surface area contributed by atoms with Gasteiger partial charge in [-0.25, -0.2) is 0 Å². The molecule has 0 amide bonds. The fourth-order valence-corrected chi connectivity index (χ4v) is 2.02. The summed E-state index contributed by atoms with van der Waals surface area (Å²) in [6.45, 7) is 2.40. The molecule has 1 aromatic carbocycles. The molecule has 23 heavy (non-hydrogen) atoms. The summed E-state index contributed by atoms with van der Waals surface area (Å²) in [7, 11) is 4.60. The van der Waals surface area contributed by atoms with E-state index in [-0.39, 0.29) is 6.61 Å². The van der Waals surface area contributed by atoms with Crippen LogP contribution >= 0.6 is 0 Å². The smallest absolute Gasteiger partial charge is 0.323 e. The van der Waals surface area contributed by atoms with Crippen LogP contribution in [0.5, 0.6) is 17.2 Å². The first kappa shape index (κ1) is 18.4. The zero-order chi connectivity index (χ0) is 17.2. The van der Waals surface area contributed by atoms with Crippen LogP contribution in [-0.4, -0.2) is 40.5 Å². The number of carbonyl (C=O) groups excluding carboxylic acids is 1. The van der Waals surface area contributed by atoms with Gasteiger partial charge in [0, 0.05) is 24.4 Å². The van der Waals surface area contributed by atoms with Gasteiger partial charge in [-0.05, 0) is 13.3 Å². The SMILES string of the molecule is CCOC(=O)C(C#N)CCNc1cc(OC)c(OC)c(OC)c1. The molecule has 0 saturated carbocycles. The van der Waals surface area contributed by atoms with Gasteiger partial charge in [0.2, 0.25) is 5.75 Å². The Labute approximate surface area is 136 Å². The number of nitriles is 1. The van der Waals surface area contributed by atoms with Crippen LogP contribution in [0, 0.1) is 17.2 Å². The standard InChI is InChI=1S/C16H22N2O5/c1-5-23-16(19)11(10-17)6-7-18-12-8-13(20-2)15(22-4)14(9-12)21-3/h8-9,11,18H,5-7H2,1-4H3. The minimum atomic E-state index is -0.788. The molecule has 0 aliphatic carbocycles. The van der Waals surface area contributed by atoms with Gasteiger partial charge in [0.15, 0.2) is 11.5 Å². The summed E-state index contributed by atoms with van der Waals surface area (Å²) < 4.78 is 20.6. The second-order valence-electron chi connectivity index (χ2n) is 4.56. The Kier molecular flexibility index (Phi) is 7.54. The van der Waals surface area contributed by atoms with E-state index < -0.39 is 11.9 Å². The third-order valence-electron chi connectivity index (χ3n) is 3.15. The molecule has 1 rings (SSSR count). The van der Waals surface area contributed by atoms with Crippen LogP contribution in [0.3, 0.4) is 0 Å². The molecule has 0 spiro atoms. The molecule has 7 heteroatoms. The van der Waals surface area contributed by atoms with E-state index in [1.165, 1.54) is 21.3 Å². The number of benzene rings is 1. The van der Waals surface area contributed by atoms with Gasteiger partial charge >= 0.3 is 5.97 Å². The summed E-state index contributed by atoms with van der Waals surface area (Å²) in [5.74, 6) is 0.265. The zero-order valence-electron chi connectivity index (χ0n) is 13.8. The van der Waals surface area contributed by atoms with Crippen LogP contribution in [0.4, 0.5) is 5.69 Å². The van der Waals surface area contributed by atoms with E-state index in [2.05, 4.69) is 5.32 Å². The first-order valence-electron chi connectivity index (χ1n) is 7.21. The van der Waals surface area contributed by atoms with Crippen molar-refractivity contribution in [3.05, 3.63) is 12.1 Å². The first-order chi connectivity index (χ1) is 11.1. The van der Waals surface area contributed by atoms with E-state index in [0.29, 0.717) is 30.2 Å². The van der Waals surface area contributed by atoms with Crippen LogP contribution in [-0.2, 0) is 9.53 Å². The highest BCUT2D eigenvalue weighted by atomic mass is 16.5. The number of hydrogen-bond donors (Lipinski definition) is 1. The first-order valence-corrected chi connectivity index (χ1v) is 7.21. The van der Waals surface area contributed by atoms with Crippen LogP contribution < -0.4 is 19.5 Å². The van der Waals surface area contributed by atoms with E-state index in [0.717, 1.165) is 5.69 Å². The lowest BCUT2D eigenvalue weighted by atomic mass is 10.1. The topological polar surface area (TPSA) is 89.8 Å². The lowest BCUT2D eigenvalue weighted by molar-refractivity contribution is -0.146. The Bertz CT molecular complexity index is 543. The van der Waals surface area contributed by atoms with Crippen LogP contribution in [0.2, 0.25) is 0 Å². The third-order valence-corrected chi connectivity index (χ3v) is 3.15. The highest BCUT2D eigenvalue weighted by Crippen LogP contribution is 2.39. The molecule has 0 aliphatic rings. The van der Waals surface area contributed by atoms with E-state index >= 15 is 0 Å². The number of nitrogens with zero attached hydrogens (tertiary/aromatic N) is 1. The van der Waals surface area contributed by atoms with Gasteiger partial charge < -0.3 is 24.3 Å². The predicted molar refractivity (Wildman–Crippen MR) is 84.9 cm³/mol. The number of carbonyl (C=O) groups is 1. The van der Waals surface area contributed by atoms with E-state index in [9.17, 15) is 4.79 Å². The van der Waals surface area contributed by atoms with Gasteiger partial charge in [0.25, 0.3) is 0 Å². The molecule has 0 saturated heterocycles. The molecule has 126 valence electrons. The maximum atomic E-state index is 11.6. The van der Waals surface area contributed by atoms with E-state index in [4.69, 9.17) is 24.2 Å². The Morgan fingerprint density at radius 3 is 2.26 bits per heavy atom. The number of anilines is 1. The Hall–Kier alpha value is -2.62. The molecule has 1 aromatic rings. The van der Waals surface area contributed by atoms with Crippen molar-refractivity contribution in [1.82, 2.24) is 0 Å². The highest BCUT2D eigenvalue weighted by molar-refractivity contribution is 5.75. The molecular weight excluding hydrogens is 300 g/mol. The van der Waals surface area contributed by atoms with Gasteiger partial charge in [-0.3, -0.25) is 4.79 Å². The van der Waals surface area contributed by atoms with Crippen molar-refractivity contribution in [2.75, 3.05) is 39.8 Å². The lowest BCUT2D eigenvalue weighted by Gasteiger charge is -2.15. The number of nitrogens with one attached hydrogen (secondary N) is 1.